The van der Waals surface area contributed by atoms with E-state index in [0.29, 0.717) is 30.6 Å². The van der Waals surface area contributed by atoms with Gasteiger partial charge in [-0.2, -0.15) is 5.10 Å². The maximum absolute atomic E-state index is 13.5. The van der Waals surface area contributed by atoms with E-state index in [4.69, 9.17) is 0 Å². The van der Waals surface area contributed by atoms with Crippen LogP contribution in [0.25, 0.3) is 0 Å². The number of aromatic nitrogens is 2. The highest BCUT2D eigenvalue weighted by Gasteiger charge is 2.09. The third-order valence-corrected chi connectivity index (χ3v) is 3.72. The highest BCUT2D eigenvalue weighted by Crippen LogP contribution is 2.07. The van der Waals surface area contributed by atoms with Crippen molar-refractivity contribution in [1.29, 1.82) is 0 Å². The number of hydrogen-bond donors (Lipinski definition) is 1. The first-order valence-corrected chi connectivity index (χ1v) is 7.80. The van der Waals surface area contributed by atoms with Crippen molar-refractivity contribution in [1.82, 2.24) is 15.1 Å². The number of rotatable bonds is 6. The lowest BCUT2D eigenvalue weighted by atomic mass is 10.1. The lowest BCUT2D eigenvalue weighted by Gasteiger charge is -2.05. The molecule has 0 radical (unpaired) electrons. The van der Waals surface area contributed by atoms with Crippen LogP contribution in [-0.4, -0.2) is 22.2 Å². The fourth-order valence-corrected chi connectivity index (χ4v) is 2.45. The Kier molecular flexibility index (Phi) is 5.01. The van der Waals surface area contributed by atoms with Crippen molar-refractivity contribution in [3.05, 3.63) is 89.5 Å². The molecule has 1 heterocycles. The van der Waals surface area contributed by atoms with Gasteiger partial charge < -0.3 is 5.32 Å². The van der Waals surface area contributed by atoms with Crippen LogP contribution in [0, 0.1) is 5.82 Å². The van der Waals surface area contributed by atoms with Crippen molar-refractivity contribution >= 4 is 5.91 Å². The molecule has 1 amide bonds. The Balaban J connectivity index is 1.53. The molecule has 2 aromatic carbocycles. The molecule has 0 fully saturated rings. The molecule has 0 aliphatic heterocycles. The molecule has 1 aromatic heterocycles. The Morgan fingerprint density at radius 3 is 2.62 bits per heavy atom. The van der Waals surface area contributed by atoms with Gasteiger partial charge >= 0.3 is 0 Å². The normalized spacial score (nSPS) is 10.5. The van der Waals surface area contributed by atoms with E-state index in [-0.39, 0.29) is 11.7 Å². The van der Waals surface area contributed by atoms with Gasteiger partial charge in [0.1, 0.15) is 5.82 Å². The number of nitrogens with zero attached hydrogens (tertiary/aromatic N) is 2. The van der Waals surface area contributed by atoms with Crippen LogP contribution < -0.4 is 5.32 Å². The Labute approximate surface area is 139 Å². The number of amides is 1. The van der Waals surface area contributed by atoms with E-state index in [9.17, 15) is 9.18 Å². The molecule has 5 heteroatoms. The molecule has 24 heavy (non-hydrogen) atoms. The molecule has 0 atom stereocenters. The van der Waals surface area contributed by atoms with Crippen LogP contribution in [0.1, 0.15) is 21.5 Å². The van der Waals surface area contributed by atoms with Crippen LogP contribution in [0.15, 0.2) is 67.0 Å². The summed E-state index contributed by atoms with van der Waals surface area (Å²) in [5.41, 5.74) is 2.21. The SMILES string of the molecule is O=C(NCCc1ccccc1F)c1cnn(Cc2ccccc2)c1. The summed E-state index contributed by atoms with van der Waals surface area (Å²) < 4.78 is 15.2. The summed E-state index contributed by atoms with van der Waals surface area (Å²) in [7, 11) is 0. The van der Waals surface area contributed by atoms with E-state index in [1.807, 2.05) is 30.3 Å². The van der Waals surface area contributed by atoms with Crippen molar-refractivity contribution < 1.29 is 9.18 Å². The minimum atomic E-state index is -0.248. The van der Waals surface area contributed by atoms with Crippen molar-refractivity contribution in [2.24, 2.45) is 0 Å². The summed E-state index contributed by atoms with van der Waals surface area (Å²) in [6.45, 7) is 0.993. The molecule has 0 aliphatic rings. The number of halogens is 1. The molecular formula is C19H18FN3O. The van der Waals surface area contributed by atoms with Gasteiger partial charge in [-0.1, -0.05) is 48.5 Å². The summed E-state index contributed by atoms with van der Waals surface area (Å²) in [4.78, 5) is 12.1. The summed E-state index contributed by atoms with van der Waals surface area (Å²) in [6, 6.07) is 16.5. The van der Waals surface area contributed by atoms with E-state index < -0.39 is 0 Å². The average molecular weight is 323 g/mol. The second-order valence-corrected chi connectivity index (χ2v) is 5.51. The first-order chi connectivity index (χ1) is 11.7. The molecule has 0 bridgehead atoms. The van der Waals surface area contributed by atoms with E-state index in [1.165, 1.54) is 6.07 Å². The van der Waals surface area contributed by atoms with Gasteiger partial charge in [0.05, 0.1) is 18.3 Å². The maximum atomic E-state index is 13.5. The molecule has 0 unspecified atom stereocenters. The molecule has 0 spiro atoms. The third-order valence-electron chi connectivity index (χ3n) is 3.72. The zero-order valence-corrected chi connectivity index (χ0v) is 13.2. The largest absolute Gasteiger partial charge is 0.352 e. The molecule has 0 aliphatic carbocycles. The molecular weight excluding hydrogens is 305 g/mol. The van der Waals surface area contributed by atoms with Gasteiger partial charge in [0, 0.05) is 12.7 Å². The minimum absolute atomic E-state index is 0.203. The van der Waals surface area contributed by atoms with Gasteiger partial charge in [-0.3, -0.25) is 9.48 Å². The smallest absolute Gasteiger partial charge is 0.254 e. The fraction of sp³-hybridized carbons (Fsp3) is 0.158. The monoisotopic (exact) mass is 323 g/mol. The van der Waals surface area contributed by atoms with Crippen molar-refractivity contribution in [3.63, 3.8) is 0 Å². The number of benzene rings is 2. The number of nitrogens with one attached hydrogen (secondary N) is 1. The minimum Gasteiger partial charge on any atom is -0.352 e. The van der Waals surface area contributed by atoms with Crippen molar-refractivity contribution in [3.8, 4) is 0 Å². The standard InChI is InChI=1S/C19H18FN3O/c20-18-9-5-4-8-16(18)10-11-21-19(24)17-12-22-23(14-17)13-15-6-2-1-3-7-15/h1-9,12,14H,10-11,13H2,(H,21,24). The second-order valence-electron chi connectivity index (χ2n) is 5.51. The number of hydrogen-bond acceptors (Lipinski definition) is 2. The number of carbonyl (C=O) groups is 1. The first kappa shape index (κ1) is 15.9. The summed E-state index contributed by atoms with van der Waals surface area (Å²) >= 11 is 0. The number of carbonyl (C=O) groups excluding carboxylic acids is 1. The molecule has 0 saturated carbocycles. The molecule has 4 nitrogen and oxygen atoms in total. The van der Waals surface area contributed by atoms with Crippen molar-refractivity contribution in [2.45, 2.75) is 13.0 Å². The molecule has 0 saturated heterocycles. The Morgan fingerprint density at radius 1 is 1.08 bits per heavy atom. The van der Waals surface area contributed by atoms with Gasteiger partial charge in [0.15, 0.2) is 0 Å². The maximum Gasteiger partial charge on any atom is 0.254 e. The second kappa shape index (κ2) is 7.55. The van der Waals surface area contributed by atoms with Crippen LogP contribution >= 0.6 is 0 Å². The zero-order valence-electron chi connectivity index (χ0n) is 13.2. The zero-order chi connectivity index (χ0) is 16.8. The summed E-state index contributed by atoms with van der Waals surface area (Å²) in [5.74, 6) is -0.451. The van der Waals surface area contributed by atoms with Gasteiger partial charge in [-0.15, -0.1) is 0 Å². The predicted octanol–water partition coefficient (Wildman–Crippen LogP) is 3.04. The van der Waals surface area contributed by atoms with Crippen LogP contribution in [-0.2, 0) is 13.0 Å². The van der Waals surface area contributed by atoms with E-state index in [1.54, 1.807) is 35.3 Å². The third kappa shape index (κ3) is 4.07. The quantitative estimate of drug-likeness (QED) is 0.758. The van der Waals surface area contributed by atoms with Crippen LogP contribution in [0.4, 0.5) is 4.39 Å². The Morgan fingerprint density at radius 2 is 1.83 bits per heavy atom. The van der Waals surface area contributed by atoms with Gasteiger partial charge in [0.2, 0.25) is 0 Å². The topological polar surface area (TPSA) is 46.9 Å². The fourth-order valence-electron chi connectivity index (χ4n) is 2.45. The Hall–Kier alpha value is -2.95. The highest BCUT2D eigenvalue weighted by molar-refractivity contribution is 5.93. The molecule has 3 aromatic rings. The average Bonchev–Trinajstić information content (AvgIpc) is 3.06. The highest BCUT2D eigenvalue weighted by atomic mass is 19.1. The van der Waals surface area contributed by atoms with Crippen LogP contribution in [0.5, 0.6) is 0 Å². The van der Waals surface area contributed by atoms with E-state index in [0.717, 1.165) is 5.56 Å². The predicted molar refractivity (Wildman–Crippen MR) is 90.2 cm³/mol. The van der Waals surface area contributed by atoms with E-state index >= 15 is 0 Å². The Bertz CT molecular complexity index is 814. The van der Waals surface area contributed by atoms with Crippen LogP contribution in [0.2, 0.25) is 0 Å². The van der Waals surface area contributed by atoms with Gasteiger partial charge in [-0.25, -0.2) is 4.39 Å². The lowest BCUT2D eigenvalue weighted by molar-refractivity contribution is 0.0954. The van der Waals surface area contributed by atoms with Crippen molar-refractivity contribution in [2.75, 3.05) is 6.54 Å². The van der Waals surface area contributed by atoms with E-state index in [2.05, 4.69) is 10.4 Å². The lowest BCUT2D eigenvalue weighted by Crippen LogP contribution is -2.25. The summed E-state index contributed by atoms with van der Waals surface area (Å²) in [6.07, 6.45) is 3.71. The van der Waals surface area contributed by atoms with Gasteiger partial charge in [-0.05, 0) is 23.6 Å². The summed E-state index contributed by atoms with van der Waals surface area (Å²) in [5, 5.41) is 7.00. The molecule has 1 N–H and O–H groups in total. The molecule has 3 rings (SSSR count). The first-order valence-electron chi connectivity index (χ1n) is 7.80. The van der Waals surface area contributed by atoms with Gasteiger partial charge in [0.25, 0.3) is 5.91 Å². The van der Waals surface area contributed by atoms with Crippen LogP contribution in [0.3, 0.4) is 0 Å². The molecule has 122 valence electrons.